The first-order valence-electron chi connectivity index (χ1n) is 10.9. The smallest absolute Gasteiger partial charge is 0.268 e. The van der Waals surface area contributed by atoms with Gasteiger partial charge in [-0.2, -0.15) is 0 Å². The van der Waals surface area contributed by atoms with Crippen molar-refractivity contribution < 1.29 is 8.81 Å². The van der Waals surface area contributed by atoms with Gasteiger partial charge in [-0.15, -0.1) is 0 Å². The molecule has 0 saturated carbocycles. The fourth-order valence-electron chi connectivity index (χ4n) is 3.57. The first kappa shape index (κ1) is 23.6. The number of nitrogens with two attached hydrogens (primary N) is 2. The quantitative estimate of drug-likeness (QED) is 0.398. The number of halogens is 1. The van der Waals surface area contributed by atoms with Crippen LogP contribution in [0.25, 0.3) is 28.0 Å². The Kier molecular flexibility index (Phi) is 6.81. The number of anilines is 2. The van der Waals surface area contributed by atoms with Crippen LogP contribution < -0.4 is 17.0 Å². The number of hydrogen-bond donors (Lipinski definition) is 2. The van der Waals surface area contributed by atoms with Crippen molar-refractivity contribution >= 4 is 22.5 Å². The molecule has 10 heteroatoms. The molecule has 0 aliphatic rings. The van der Waals surface area contributed by atoms with Gasteiger partial charge >= 0.3 is 0 Å². The largest absolute Gasteiger partial charge is 0.444 e. The summed E-state index contributed by atoms with van der Waals surface area (Å²) in [5, 5.41) is 0.0428. The molecule has 178 valence electrons. The van der Waals surface area contributed by atoms with Crippen LogP contribution in [0.5, 0.6) is 0 Å². The minimum atomic E-state index is -0.530. The van der Waals surface area contributed by atoms with Crippen LogP contribution in [-0.4, -0.2) is 24.5 Å². The molecule has 0 amide bonds. The van der Waals surface area contributed by atoms with Crippen LogP contribution in [0.4, 0.5) is 16.0 Å². The van der Waals surface area contributed by atoms with E-state index in [1.807, 2.05) is 44.2 Å². The van der Waals surface area contributed by atoms with Crippen molar-refractivity contribution in [2.45, 2.75) is 26.7 Å². The highest BCUT2D eigenvalue weighted by molar-refractivity contribution is 5.79. The van der Waals surface area contributed by atoms with Crippen molar-refractivity contribution in [2.24, 2.45) is 0 Å². The highest BCUT2D eigenvalue weighted by Gasteiger charge is 2.15. The molecule has 0 unspecified atom stereocenters. The van der Waals surface area contributed by atoms with E-state index in [2.05, 4.69) is 19.9 Å². The lowest BCUT2D eigenvalue weighted by atomic mass is 10.2. The summed E-state index contributed by atoms with van der Waals surface area (Å²) in [6.07, 6.45) is 4.34. The molecular weight excluding hydrogens is 449 g/mol. The van der Waals surface area contributed by atoms with Gasteiger partial charge in [0.1, 0.15) is 46.8 Å². The number of nitrogens with zero attached hydrogens (tertiary/aromatic N) is 5. The molecule has 0 bridgehead atoms. The van der Waals surface area contributed by atoms with Crippen LogP contribution in [0.2, 0.25) is 0 Å². The van der Waals surface area contributed by atoms with E-state index < -0.39 is 5.82 Å². The van der Waals surface area contributed by atoms with Crippen molar-refractivity contribution in [3.05, 3.63) is 88.8 Å². The lowest BCUT2D eigenvalue weighted by molar-refractivity contribution is 0.573. The Bertz CT molecular complexity index is 1510. The second-order valence-corrected chi connectivity index (χ2v) is 7.70. The Labute approximate surface area is 200 Å². The van der Waals surface area contributed by atoms with E-state index in [1.54, 1.807) is 12.1 Å². The van der Waals surface area contributed by atoms with E-state index in [9.17, 15) is 9.18 Å². The lowest BCUT2D eigenvalue weighted by Gasteiger charge is -2.13. The number of rotatable bonds is 4. The number of oxazole rings is 1. The molecule has 9 nitrogen and oxygen atoms in total. The van der Waals surface area contributed by atoms with Crippen molar-refractivity contribution in [1.29, 1.82) is 0 Å². The number of para-hydroxylation sites is 1. The SMILES string of the molecule is CCCc1nc2cccc(F)c2c(=O)n1-c1ccccc1.Cc1coc(-c2c(N)ncnc2N)n1. The summed E-state index contributed by atoms with van der Waals surface area (Å²) in [5.41, 5.74) is 13.2. The highest BCUT2D eigenvalue weighted by Crippen LogP contribution is 2.27. The summed E-state index contributed by atoms with van der Waals surface area (Å²) in [5.74, 6) is 1.00. The zero-order valence-corrected chi connectivity index (χ0v) is 19.3. The number of nitrogen functional groups attached to an aromatic ring is 2. The number of benzene rings is 2. The zero-order valence-electron chi connectivity index (χ0n) is 19.3. The van der Waals surface area contributed by atoms with Crippen molar-refractivity contribution in [3.8, 4) is 17.1 Å². The number of aryl methyl sites for hydroxylation is 2. The molecule has 0 saturated heterocycles. The van der Waals surface area contributed by atoms with Crippen molar-refractivity contribution in [1.82, 2.24) is 24.5 Å². The molecule has 3 aromatic heterocycles. The Morgan fingerprint density at radius 2 is 1.71 bits per heavy atom. The number of aromatic nitrogens is 5. The molecule has 0 spiro atoms. The molecular formula is C25H24FN7O2. The molecule has 0 aliphatic carbocycles. The topological polar surface area (TPSA) is 139 Å². The van der Waals surface area contributed by atoms with Crippen LogP contribution in [0.3, 0.4) is 0 Å². The average molecular weight is 474 g/mol. The van der Waals surface area contributed by atoms with Gasteiger partial charge in [0.15, 0.2) is 0 Å². The molecule has 5 aromatic rings. The maximum atomic E-state index is 14.0. The van der Waals surface area contributed by atoms with E-state index >= 15 is 0 Å². The van der Waals surface area contributed by atoms with Gasteiger partial charge in [0, 0.05) is 6.42 Å². The van der Waals surface area contributed by atoms with Gasteiger partial charge in [-0.25, -0.2) is 24.3 Å². The average Bonchev–Trinajstić information content (AvgIpc) is 3.26. The van der Waals surface area contributed by atoms with Crippen molar-refractivity contribution in [3.63, 3.8) is 0 Å². The second kappa shape index (κ2) is 10.1. The van der Waals surface area contributed by atoms with Gasteiger partial charge in [-0.1, -0.05) is 31.2 Å². The predicted octanol–water partition coefficient (Wildman–Crippen LogP) is 4.08. The minimum absolute atomic E-state index is 0.0428. The molecule has 35 heavy (non-hydrogen) atoms. The molecule has 2 aromatic carbocycles. The number of hydrogen-bond acceptors (Lipinski definition) is 8. The van der Waals surface area contributed by atoms with Crippen molar-refractivity contribution in [2.75, 3.05) is 11.5 Å². The van der Waals surface area contributed by atoms with Gasteiger partial charge < -0.3 is 15.9 Å². The van der Waals surface area contributed by atoms with Gasteiger partial charge in [0.2, 0.25) is 5.89 Å². The van der Waals surface area contributed by atoms with Gasteiger partial charge in [-0.3, -0.25) is 9.36 Å². The first-order valence-corrected chi connectivity index (χ1v) is 10.9. The van der Waals surface area contributed by atoms with Crippen LogP contribution in [0.1, 0.15) is 24.9 Å². The second-order valence-electron chi connectivity index (χ2n) is 7.70. The van der Waals surface area contributed by atoms with E-state index in [0.717, 1.165) is 12.1 Å². The molecule has 4 N–H and O–H groups in total. The molecule has 3 heterocycles. The van der Waals surface area contributed by atoms with E-state index in [0.29, 0.717) is 34.9 Å². The lowest BCUT2D eigenvalue weighted by Crippen LogP contribution is -2.24. The molecule has 0 radical (unpaired) electrons. The Morgan fingerprint density at radius 1 is 1.00 bits per heavy atom. The first-order chi connectivity index (χ1) is 16.9. The summed E-state index contributed by atoms with van der Waals surface area (Å²) in [4.78, 5) is 28.9. The third-order valence-electron chi connectivity index (χ3n) is 5.14. The van der Waals surface area contributed by atoms with E-state index in [1.165, 1.54) is 23.2 Å². The van der Waals surface area contributed by atoms with E-state index in [-0.39, 0.29) is 22.6 Å². The van der Waals surface area contributed by atoms with Gasteiger partial charge in [-0.05, 0) is 37.6 Å². The summed E-state index contributed by atoms with van der Waals surface area (Å²) < 4.78 is 20.7. The van der Waals surface area contributed by atoms with Crippen LogP contribution in [0, 0.1) is 12.7 Å². The molecule has 5 rings (SSSR count). The Hall–Kier alpha value is -4.60. The minimum Gasteiger partial charge on any atom is -0.444 e. The standard InChI is InChI=1S/C17H15FN2O.C8H9N5O/c1-2-7-15-19-14-11-6-10-13(18)16(14)17(21)20(15)12-8-4-3-5-9-12;1-4-2-14-8(13-4)5-6(9)11-3-12-7(5)10/h3-6,8-11H,2,7H2,1H3;2-3H,1H3,(H4,9,10,11,12). The Balaban J connectivity index is 0.000000179. The maximum absolute atomic E-state index is 14.0. The Morgan fingerprint density at radius 3 is 2.34 bits per heavy atom. The zero-order chi connectivity index (χ0) is 24.9. The fraction of sp³-hybridized carbons (Fsp3) is 0.160. The summed E-state index contributed by atoms with van der Waals surface area (Å²) in [6.45, 7) is 3.83. The third kappa shape index (κ3) is 4.86. The third-order valence-corrected chi connectivity index (χ3v) is 5.14. The summed E-state index contributed by atoms with van der Waals surface area (Å²) in [7, 11) is 0. The van der Waals surface area contributed by atoms with Crippen LogP contribution in [-0.2, 0) is 6.42 Å². The number of fused-ring (bicyclic) bond motifs is 1. The highest BCUT2D eigenvalue weighted by atomic mass is 19.1. The molecule has 0 aliphatic heterocycles. The molecule has 0 atom stereocenters. The molecule has 0 fully saturated rings. The summed E-state index contributed by atoms with van der Waals surface area (Å²) >= 11 is 0. The summed E-state index contributed by atoms with van der Waals surface area (Å²) in [6, 6.07) is 13.8. The maximum Gasteiger partial charge on any atom is 0.268 e. The van der Waals surface area contributed by atoms with Gasteiger partial charge in [0.25, 0.3) is 5.56 Å². The van der Waals surface area contributed by atoms with Crippen LogP contribution >= 0.6 is 0 Å². The van der Waals surface area contributed by atoms with E-state index in [4.69, 9.17) is 15.9 Å². The monoisotopic (exact) mass is 473 g/mol. The fourth-order valence-corrected chi connectivity index (χ4v) is 3.57. The normalized spacial score (nSPS) is 10.7. The van der Waals surface area contributed by atoms with Crippen LogP contribution in [0.15, 0.2) is 70.3 Å². The predicted molar refractivity (Wildman–Crippen MR) is 132 cm³/mol. The van der Waals surface area contributed by atoms with Gasteiger partial charge in [0.05, 0.1) is 16.9 Å².